The van der Waals surface area contributed by atoms with E-state index in [0.29, 0.717) is 38.3 Å². The van der Waals surface area contributed by atoms with Crippen molar-refractivity contribution in [2.75, 3.05) is 46.2 Å². The Morgan fingerprint density at radius 2 is 1.81 bits per heavy atom. The number of allylic oxidation sites excluding steroid dienone is 1. The molecule has 5 rings (SSSR count). The Kier molecular flexibility index (Phi) is 8.66. The molecular formula is C28H33BrN2O6. The van der Waals surface area contributed by atoms with Crippen LogP contribution >= 0.6 is 15.9 Å². The van der Waals surface area contributed by atoms with E-state index in [9.17, 15) is 4.79 Å². The zero-order valence-electron chi connectivity index (χ0n) is 20.8. The molecule has 1 saturated heterocycles. The van der Waals surface area contributed by atoms with Crippen molar-refractivity contribution in [3.05, 3.63) is 69.9 Å². The molecule has 0 unspecified atom stereocenters. The molecule has 1 fully saturated rings. The van der Waals surface area contributed by atoms with Crippen LogP contribution in [0.25, 0.3) is 0 Å². The predicted molar refractivity (Wildman–Crippen MR) is 141 cm³/mol. The van der Waals surface area contributed by atoms with Crippen molar-refractivity contribution in [3.8, 4) is 11.5 Å². The maximum atomic E-state index is 13.5. The van der Waals surface area contributed by atoms with Crippen molar-refractivity contribution >= 4 is 21.8 Å². The van der Waals surface area contributed by atoms with E-state index >= 15 is 0 Å². The molecule has 1 amide bonds. The summed E-state index contributed by atoms with van der Waals surface area (Å²) >= 11 is 3.49. The number of aliphatic hydroxyl groups excluding tert-OH is 1. The van der Waals surface area contributed by atoms with Crippen LogP contribution in [-0.4, -0.2) is 73.3 Å². The third-order valence-electron chi connectivity index (χ3n) is 6.93. The van der Waals surface area contributed by atoms with Crippen LogP contribution < -0.4 is 9.47 Å². The molecule has 3 aliphatic heterocycles. The lowest BCUT2D eigenvalue weighted by Crippen LogP contribution is -2.49. The Bertz CT molecular complexity index is 1100. The first kappa shape index (κ1) is 26.0. The molecule has 0 radical (unpaired) electrons. The maximum Gasteiger partial charge on any atom is 0.288 e. The number of fused-ring (bicyclic) bond motifs is 1. The molecule has 0 aromatic heterocycles. The van der Waals surface area contributed by atoms with E-state index < -0.39 is 6.29 Å². The van der Waals surface area contributed by atoms with E-state index in [-0.39, 0.29) is 25.2 Å². The normalized spacial score (nSPS) is 21.5. The highest BCUT2D eigenvalue weighted by Gasteiger charge is 2.32. The number of nitrogens with zero attached hydrogens (tertiary/aromatic N) is 2. The molecule has 2 atom stereocenters. The Balaban J connectivity index is 1.21. The SMILES string of the molecule is O=C(C1=C[C@@H](c2ccc(Br)cc2)C[C@@H](OCCCCO)O1)N1CCN(Cc2ccc3c(c2)OCO3)CC1. The number of hydrogen-bond acceptors (Lipinski definition) is 7. The second kappa shape index (κ2) is 12.3. The minimum Gasteiger partial charge on any atom is -0.459 e. The third kappa shape index (κ3) is 6.65. The van der Waals surface area contributed by atoms with Gasteiger partial charge in [0, 0.05) is 56.1 Å². The number of halogens is 1. The zero-order valence-corrected chi connectivity index (χ0v) is 22.4. The highest BCUT2D eigenvalue weighted by molar-refractivity contribution is 9.10. The third-order valence-corrected chi connectivity index (χ3v) is 7.45. The van der Waals surface area contributed by atoms with Gasteiger partial charge in [-0.1, -0.05) is 34.1 Å². The lowest BCUT2D eigenvalue weighted by molar-refractivity contribution is -0.154. The lowest BCUT2D eigenvalue weighted by atomic mass is 9.93. The average Bonchev–Trinajstić information content (AvgIpc) is 3.39. The number of aliphatic hydroxyl groups is 1. The van der Waals surface area contributed by atoms with Crippen LogP contribution in [0.1, 0.15) is 36.3 Å². The Morgan fingerprint density at radius 3 is 2.59 bits per heavy atom. The van der Waals surface area contributed by atoms with Gasteiger partial charge in [-0.15, -0.1) is 0 Å². The van der Waals surface area contributed by atoms with Crippen molar-refractivity contribution in [1.82, 2.24) is 9.80 Å². The molecule has 198 valence electrons. The van der Waals surface area contributed by atoms with Gasteiger partial charge in [0.2, 0.25) is 13.1 Å². The summed E-state index contributed by atoms with van der Waals surface area (Å²) in [7, 11) is 0. The molecule has 0 aliphatic carbocycles. The molecule has 1 N–H and O–H groups in total. The first-order valence-electron chi connectivity index (χ1n) is 12.9. The van der Waals surface area contributed by atoms with Gasteiger partial charge in [0.25, 0.3) is 5.91 Å². The van der Waals surface area contributed by atoms with Crippen LogP contribution in [0.2, 0.25) is 0 Å². The van der Waals surface area contributed by atoms with Crippen molar-refractivity contribution in [2.24, 2.45) is 0 Å². The molecule has 3 aliphatic rings. The molecule has 3 heterocycles. The van der Waals surface area contributed by atoms with Crippen LogP contribution in [0.15, 0.2) is 58.8 Å². The summed E-state index contributed by atoms with van der Waals surface area (Å²) in [6, 6.07) is 14.2. The number of ether oxygens (including phenoxy) is 4. The fourth-order valence-corrected chi connectivity index (χ4v) is 5.11. The smallest absolute Gasteiger partial charge is 0.288 e. The summed E-state index contributed by atoms with van der Waals surface area (Å²) in [6.07, 6.45) is 3.51. The highest BCUT2D eigenvalue weighted by atomic mass is 79.9. The number of piperazine rings is 1. The lowest BCUT2D eigenvalue weighted by Gasteiger charge is -2.36. The van der Waals surface area contributed by atoms with Gasteiger partial charge >= 0.3 is 0 Å². The number of hydrogen-bond donors (Lipinski definition) is 1. The van der Waals surface area contributed by atoms with E-state index in [1.165, 1.54) is 5.56 Å². The summed E-state index contributed by atoms with van der Waals surface area (Å²) in [6.45, 7) is 4.53. The second-order valence-electron chi connectivity index (χ2n) is 9.53. The molecular weight excluding hydrogens is 540 g/mol. The summed E-state index contributed by atoms with van der Waals surface area (Å²) in [5, 5.41) is 9.05. The van der Waals surface area contributed by atoms with Crippen LogP contribution in [-0.2, 0) is 20.8 Å². The van der Waals surface area contributed by atoms with Crippen LogP contribution in [0.3, 0.4) is 0 Å². The van der Waals surface area contributed by atoms with Gasteiger partial charge in [0.05, 0.1) is 6.61 Å². The van der Waals surface area contributed by atoms with E-state index in [2.05, 4.69) is 39.0 Å². The second-order valence-corrected chi connectivity index (χ2v) is 10.4. The van der Waals surface area contributed by atoms with Gasteiger partial charge in [-0.3, -0.25) is 9.69 Å². The van der Waals surface area contributed by atoms with Crippen molar-refractivity contribution in [1.29, 1.82) is 0 Å². The number of carbonyl (C=O) groups excluding carboxylic acids is 1. The number of benzene rings is 2. The fraction of sp³-hybridized carbons (Fsp3) is 0.464. The van der Waals surface area contributed by atoms with Gasteiger partial charge in [0.15, 0.2) is 17.3 Å². The zero-order chi connectivity index (χ0) is 25.6. The van der Waals surface area contributed by atoms with Gasteiger partial charge in [-0.05, 0) is 54.3 Å². The quantitative estimate of drug-likeness (QED) is 0.454. The van der Waals surface area contributed by atoms with Crippen molar-refractivity contribution < 1.29 is 28.8 Å². The van der Waals surface area contributed by atoms with E-state index in [4.69, 9.17) is 24.1 Å². The topological polar surface area (TPSA) is 80.7 Å². The summed E-state index contributed by atoms with van der Waals surface area (Å²) in [5.41, 5.74) is 2.29. The number of amides is 1. The van der Waals surface area contributed by atoms with E-state index in [1.54, 1.807) is 0 Å². The summed E-state index contributed by atoms with van der Waals surface area (Å²) < 4.78 is 23.9. The van der Waals surface area contributed by atoms with Crippen LogP contribution in [0.5, 0.6) is 11.5 Å². The van der Waals surface area contributed by atoms with Crippen molar-refractivity contribution in [2.45, 2.75) is 38.0 Å². The summed E-state index contributed by atoms with van der Waals surface area (Å²) in [4.78, 5) is 17.7. The van der Waals surface area contributed by atoms with Crippen LogP contribution in [0, 0.1) is 0 Å². The van der Waals surface area contributed by atoms with Crippen LogP contribution in [0.4, 0.5) is 0 Å². The first-order valence-corrected chi connectivity index (χ1v) is 13.6. The molecule has 2 aromatic rings. The van der Waals surface area contributed by atoms with Gasteiger partial charge in [-0.2, -0.15) is 0 Å². The number of rotatable bonds is 9. The predicted octanol–water partition coefficient (Wildman–Crippen LogP) is 4.03. The van der Waals surface area contributed by atoms with Crippen molar-refractivity contribution in [3.63, 3.8) is 0 Å². The maximum absolute atomic E-state index is 13.5. The molecule has 0 saturated carbocycles. The first-order chi connectivity index (χ1) is 18.1. The summed E-state index contributed by atoms with van der Waals surface area (Å²) in [5.74, 6) is 1.87. The van der Waals surface area contributed by atoms with E-state index in [0.717, 1.165) is 47.6 Å². The van der Waals surface area contributed by atoms with Gasteiger partial charge in [-0.25, -0.2) is 0 Å². The molecule has 0 bridgehead atoms. The Hall–Kier alpha value is -2.59. The fourth-order valence-electron chi connectivity index (χ4n) is 4.84. The monoisotopic (exact) mass is 572 g/mol. The average molecular weight is 573 g/mol. The number of unbranched alkanes of at least 4 members (excludes halogenated alkanes) is 1. The minimum atomic E-state index is -0.497. The Labute approximate surface area is 225 Å². The molecule has 37 heavy (non-hydrogen) atoms. The Morgan fingerprint density at radius 1 is 1.03 bits per heavy atom. The highest BCUT2D eigenvalue weighted by Crippen LogP contribution is 2.34. The molecule has 9 heteroatoms. The molecule has 2 aromatic carbocycles. The number of carbonyl (C=O) groups is 1. The van der Waals surface area contributed by atoms with Gasteiger partial charge < -0.3 is 29.0 Å². The standard InChI is InChI=1S/C28H33BrN2O6/c29-23-6-4-21(5-7-23)22-16-26(37-27(17-22)34-14-2-1-13-32)28(33)31-11-9-30(10-12-31)18-20-3-8-24-25(15-20)36-19-35-24/h3-8,15-16,22,27,32H,1-2,9-14,17-19H2/t22-,27+/m1/s1. The largest absolute Gasteiger partial charge is 0.459 e. The van der Waals surface area contributed by atoms with Gasteiger partial charge in [0.1, 0.15) is 0 Å². The molecule has 0 spiro atoms. The molecule has 8 nitrogen and oxygen atoms in total. The minimum absolute atomic E-state index is 0.0240. The van der Waals surface area contributed by atoms with E-state index in [1.807, 2.05) is 35.2 Å².